The zero-order chi connectivity index (χ0) is 11.7. The largest absolute Gasteiger partial charge is 0.464 e. The molecule has 82 valence electrons. The summed E-state index contributed by atoms with van der Waals surface area (Å²) in [5.41, 5.74) is 1.94. The fourth-order valence-corrected chi connectivity index (χ4v) is 1.85. The molecular formula is C14H9NO2. The Morgan fingerprint density at radius 2 is 2.00 bits per heavy atom. The molecule has 0 radical (unpaired) electrons. The fraction of sp³-hybridized carbons (Fsp3) is 0. The molecule has 0 aliphatic rings. The van der Waals surface area contributed by atoms with Gasteiger partial charge in [-0.1, -0.05) is 18.2 Å². The van der Waals surface area contributed by atoms with E-state index in [4.69, 9.17) is 4.42 Å². The van der Waals surface area contributed by atoms with Crippen molar-refractivity contribution < 1.29 is 9.21 Å². The molecule has 2 heterocycles. The molecule has 0 atom stereocenters. The molecule has 17 heavy (non-hydrogen) atoms. The zero-order valence-corrected chi connectivity index (χ0v) is 8.96. The molecule has 0 amide bonds. The van der Waals surface area contributed by atoms with Crippen molar-refractivity contribution in [3.05, 3.63) is 54.4 Å². The minimum Gasteiger partial charge on any atom is -0.464 e. The molecule has 1 aromatic carbocycles. The molecule has 3 heteroatoms. The molecule has 0 spiro atoms. The Labute approximate surface area is 97.7 Å². The Morgan fingerprint density at radius 3 is 2.76 bits per heavy atom. The molecule has 0 saturated carbocycles. The summed E-state index contributed by atoms with van der Waals surface area (Å²) in [6, 6.07) is 13.2. The van der Waals surface area contributed by atoms with Gasteiger partial charge in [0.2, 0.25) is 0 Å². The molecular weight excluding hydrogens is 214 g/mol. The van der Waals surface area contributed by atoms with Crippen molar-refractivity contribution in [2.24, 2.45) is 0 Å². The van der Waals surface area contributed by atoms with Gasteiger partial charge in [-0.05, 0) is 24.3 Å². The third-order valence-corrected chi connectivity index (χ3v) is 2.65. The average Bonchev–Trinajstić information content (AvgIpc) is 2.91. The summed E-state index contributed by atoms with van der Waals surface area (Å²) in [6.07, 6.45) is 2.34. The van der Waals surface area contributed by atoms with Crippen molar-refractivity contribution >= 4 is 17.2 Å². The maximum absolute atomic E-state index is 11.1. The SMILES string of the molecule is O=Cc1nc2ccccc2cc1-c1ccco1. The fourth-order valence-electron chi connectivity index (χ4n) is 1.85. The lowest BCUT2D eigenvalue weighted by atomic mass is 10.1. The van der Waals surface area contributed by atoms with Gasteiger partial charge in [0, 0.05) is 10.9 Å². The minimum absolute atomic E-state index is 0.402. The van der Waals surface area contributed by atoms with Gasteiger partial charge in [-0.2, -0.15) is 0 Å². The molecule has 0 bridgehead atoms. The first-order chi connectivity index (χ1) is 8.38. The number of rotatable bonds is 2. The summed E-state index contributed by atoms with van der Waals surface area (Å²) in [5.74, 6) is 0.658. The standard InChI is InChI=1S/C14H9NO2/c16-9-13-11(14-6-3-7-17-14)8-10-4-1-2-5-12(10)15-13/h1-9H. The topological polar surface area (TPSA) is 43.1 Å². The van der Waals surface area contributed by atoms with Crippen LogP contribution in [0.3, 0.4) is 0 Å². The molecule has 3 aromatic rings. The van der Waals surface area contributed by atoms with E-state index in [2.05, 4.69) is 4.98 Å². The predicted molar refractivity (Wildman–Crippen MR) is 64.8 cm³/mol. The maximum atomic E-state index is 11.1. The van der Waals surface area contributed by atoms with Gasteiger partial charge in [0.15, 0.2) is 6.29 Å². The smallest absolute Gasteiger partial charge is 0.169 e. The number of pyridine rings is 1. The molecule has 0 fully saturated rings. The Morgan fingerprint density at radius 1 is 1.12 bits per heavy atom. The van der Waals surface area contributed by atoms with E-state index in [0.717, 1.165) is 22.8 Å². The van der Waals surface area contributed by atoms with Crippen molar-refractivity contribution in [1.82, 2.24) is 4.98 Å². The van der Waals surface area contributed by atoms with Gasteiger partial charge in [-0.25, -0.2) is 4.98 Å². The molecule has 0 unspecified atom stereocenters. The highest BCUT2D eigenvalue weighted by Gasteiger charge is 2.10. The highest BCUT2D eigenvalue weighted by molar-refractivity contribution is 5.92. The number of carbonyl (C=O) groups excluding carboxylic acids is 1. The first-order valence-corrected chi connectivity index (χ1v) is 5.27. The number of aromatic nitrogens is 1. The summed E-state index contributed by atoms with van der Waals surface area (Å²) < 4.78 is 5.31. The highest BCUT2D eigenvalue weighted by Crippen LogP contribution is 2.25. The molecule has 3 rings (SSSR count). The van der Waals surface area contributed by atoms with Gasteiger partial charge in [0.25, 0.3) is 0 Å². The van der Waals surface area contributed by atoms with Crippen LogP contribution in [-0.4, -0.2) is 11.3 Å². The molecule has 0 N–H and O–H groups in total. The van der Waals surface area contributed by atoms with Crippen molar-refractivity contribution in [2.45, 2.75) is 0 Å². The lowest BCUT2D eigenvalue weighted by Gasteiger charge is -2.03. The summed E-state index contributed by atoms with van der Waals surface area (Å²) in [5, 5.41) is 0.990. The lowest BCUT2D eigenvalue weighted by molar-refractivity contribution is 0.112. The van der Waals surface area contributed by atoms with Gasteiger partial charge in [0.05, 0.1) is 11.8 Å². The number of para-hydroxylation sites is 1. The van der Waals surface area contributed by atoms with Crippen LogP contribution in [0, 0.1) is 0 Å². The van der Waals surface area contributed by atoms with Crippen molar-refractivity contribution in [2.75, 3.05) is 0 Å². The summed E-state index contributed by atoms with van der Waals surface area (Å²) in [7, 11) is 0. The Balaban J connectivity index is 2.33. The summed E-state index contributed by atoms with van der Waals surface area (Å²) in [4.78, 5) is 15.4. The van der Waals surface area contributed by atoms with Crippen molar-refractivity contribution in [3.63, 3.8) is 0 Å². The predicted octanol–water partition coefficient (Wildman–Crippen LogP) is 3.31. The van der Waals surface area contributed by atoms with Crippen LogP contribution >= 0.6 is 0 Å². The normalized spacial score (nSPS) is 10.6. The quantitative estimate of drug-likeness (QED) is 0.626. The zero-order valence-electron chi connectivity index (χ0n) is 8.96. The van der Waals surface area contributed by atoms with Crippen LogP contribution in [0.1, 0.15) is 10.5 Å². The van der Waals surface area contributed by atoms with Crippen LogP contribution in [-0.2, 0) is 0 Å². The number of benzene rings is 1. The van der Waals surface area contributed by atoms with Gasteiger partial charge < -0.3 is 4.42 Å². The van der Waals surface area contributed by atoms with E-state index in [1.807, 2.05) is 36.4 Å². The maximum Gasteiger partial charge on any atom is 0.169 e. The second-order valence-electron chi connectivity index (χ2n) is 3.71. The van der Waals surface area contributed by atoms with E-state index >= 15 is 0 Å². The number of carbonyl (C=O) groups is 1. The van der Waals surface area contributed by atoms with Gasteiger partial charge >= 0.3 is 0 Å². The van der Waals surface area contributed by atoms with Crippen LogP contribution in [0.15, 0.2) is 53.1 Å². The Hall–Kier alpha value is -2.42. The van der Waals surface area contributed by atoms with Crippen LogP contribution in [0.4, 0.5) is 0 Å². The van der Waals surface area contributed by atoms with Crippen LogP contribution in [0.25, 0.3) is 22.2 Å². The summed E-state index contributed by atoms with van der Waals surface area (Å²) in [6.45, 7) is 0. The van der Waals surface area contributed by atoms with Gasteiger partial charge in [-0.3, -0.25) is 4.79 Å². The molecule has 3 nitrogen and oxygen atoms in total. The van der Waals surface area contributed by atoms with E-state index in [9.17, 15) is 4.79 Å². The molecule has 0 aliphatic carbocycles. The van der Waals surface area contributed by atoms with E-state index < -0.39 is 0 Å². The monoisotopic (exact) mass is 223 g/mol. The average molecular weight is 223 g/mol. The number of fused-ring (bicyclic) bond motifs is 1. The number of furan rings is 1. The first kappa shape index (κ1) is 9.78. The van der Waals surface area contributed by atoms with Gasteiger partial charge in [0.1, 0.15) is 11.5 Å². The number of nitrogens with zero attached hydrogens (tertiary/aromatic N) is 1. The van der Waals surface area contributed by atoms with Crippen LogP contribution < -0.4 is 0 Å². The third kappa shape index (κ3) is 1.61. The number of hydrogen-bond donors (Lipinski definition) is 0. The Kier molecular flexibility index (Phi) is 2.22. The minimum atomic E-state index is 0.402. The summed E-state index contributed by atoms with van der Waals surface area (Å²) >= 11 is 0. The second-order valence-corrected chi connectivity index (χ2v) is 3.71. The lowest BCUT2D eigenvalue weighted by Crippen LogP contribution is -1.92. The molecule has 0 saturated heterocycles. The number of aldehydes is 1. The van der Waals surface area contributed by atoms with E-state index in [0.29, 0.717) is 11.5 Å². The van der Waals surface area contributed by atoms with Crippen LogP contribution in [0.2, 0.25) is 0 Å². The Bertz CT molecular complexity index is 672. The second kappa shape index (κ2) is 3.87. The third-order valence-electron chi connectivity index (χ3n) is 2.65. The van der Waals surface area contributed by atoms with E-state index in [1.54, 1.807) is 12.3 Å². The van der Waals surface area contributed by atoms with Crippen molar-refractivity contribution in [3.8, 4) is 11.3 Å². The number of hydrogen-bond acceptors (Lipinski definition) is 3. The molecule has 0 aliphatic heterocycles. The molecule has 2 aromatic heterocycles. The van der Waals surface area contributed by atoms with E-state index in [-0.39, 0.29) is 0 Å². The van der Waals surface area contributed by atoms with E-state index in [1.165, 1.54) is 0 Å². The van der Waals surface area contributed by atoms with Crippen molar-refractivity contribution in [1.29, 1.82) is 0 Å². The van der Waals surface area contributed by atoms with Gasteiger partial charge in [-0.15, -0.1) is 0 Å². The first-order valence-electron chi connectivity index (χ1n) is 5.27. The van der Waals surface area contributed by atoms with Crippen LogP contribution in [0.5, 0.6) is 0 Å². The highest BCUT2D eigenvalue weighted by atomic mass is 16.3.